The largest absolute Gasteiger partial charge is 0.345 e. The molecule has 0 amide bonds. The van der Waals surface area contributed by atoms with E-state index < -0.39 is 0 Å². The Morgan fingerprint density at radius 1 is 1.21 bits per heavy atom. The summed E-state index contributed by atoms with van der Waals surface area (Å²) in [6, 6.07) is 0. The highest BCUT2D eigenvalue weighted by atomic mass is 16.1. The van der Waals surface area contributed by atoms with Gasteiger partial charge in [0, 0.05) is 24.2 Å². The van der Waals surface area contributed by atoms with E-state index in [1.807, 2.05) is 6.92 Å². The molecule has 0 bridgehead atoms. The van der Waals surface area contributed by atoms with Crippen molar-refractivity contribution in [3.8, 4) is 11.3 Å². The fourth-order valence-corrected chi connectivity index (χ4v) is 1.19. The van der Waals surface area contributed by atoms with Crippen molar-refractivity contribution in [2.45, 2.75) is 6.92 Å². The zero-order valence-electron chi connectivity index (χ0n) is 7.56. The molecule has 2 rings (SSSR count). The Hall–Kier alpha value is -2.04. The number of aryl methyl sites for hydroxylation is 1. The van der Waals surface area contributed by atoms with Crippen molar-refractivity contribution in [3.05, 3.63) is 41.0 Å². The summed E-state index contributed by atoms with van der Waals surface area (Å²) in [4.78, 5) is 25.0. The smallest absolute Gasteiger partial charge is 0.305 e. The summed E-state index contributed by atoms with van der Waals surface area (Å²) in [6.07, 6.45) is 6.26. The molecule has 5 nitrogen and oxygen atoms in total. The van der Waals surface area contributed by atoms with Gasteiger partial charge in [0.2, 0.25) is 0 Å². The molecule has 0 unspecified atom stereocenters. The van der Waals surface area contributed by atoms with Crippen molar-refractivity contribution >= 4 is 0 Å². The summed E-state index contributed by atoms with van der Waals surface area (Å²) < 4.78 is 0. The molecule has 70 valence electrons. The molecule has 1 N–H and O–H groups in total. The molecule has 0 atom stereocenters. The third-order valence-electron chi connectivity index (χ3n) is 1.85. The first-order valence-corrected chi connectivity index (χ1v) is 4.08. The maximum atomic E-state index is 11.0. The van der Waals surface area contributed by atoms with Crippen LogP contribution in [0.15, 0.2) is 29.7 Å². The number of H-pyrrole nitrogens is 1. The van der Waals surface area contributed by atoms with E-state index in [0.717, 1.165) is 11.1 Å². The molecule has 2 aromatic rings. The van der Waals surface area contributed by atoms with E-state index in [1.165, 1.54) is 12.5 Å². The van der Waals surface area contributed by atoms with Crippen LogP contribution in [0.4, 0.5) is 0 Å². The molecule has 0 aromatic carbocycles. The van der Waals surface area contributed by atoms with Crippen LogP contribution in [-0.4, -0.2) is 19.9 Å². The number of hydrogen-bond acceptors (Lipinski definition) is 4. The Labute approximate surface area is 79.9 Å². The van der Waals surface area contributed by atoms with Gasteiger partial charge in [0.15, 0.2) is 0 Å². The Kier molecular flexibility index (Phi) is 2.06. The van der Waals surface area contributed by atoms with Crippen molar-refractivity contribution in [3.63, 3.8) is 0 Å². The van der Waals surface area contributed by atoms with Crippen LogP contribution in [0.25, 0.3) is 11.3 Å². The molecule has 0 radical (unpaired) electrons. The van der Waals surface area contributed by atoms with Crippen molar-refractivity contribution in [2.75, 3.05) is 0 Å². The number of rotatable bonds is 1. The lowest BCUT2D eigenvalue weighted by atomic mass is 10.1. The minimum atomic E-state index is -0.366. The molecule has 0 saturated heterocycles. The molecular weight excluding hydrogens is 180 g/mol. The molecule has 0 fully saturated rings. The third-order valence-corrected chi connectivity index (χ3v) is 1.85. The highest BCUT2D eigenvalue weighted by Crippen LogP contribution is 2.15. The van der Waals surface area contributed by atoms with Gasteiger partial charge >= 0.3 is 5.69 Å². The van der Waals surface area contributed by atoms with Gasteiger partial charge < -0.3 is 4.98 Å². The fraction of sp³-hybridized carbons (Fsp3) is 0.111. The Balaban J connectivity index is 2.62. The topological polar surface area (TPSA) is 71.5 Å². The quantitative estimate of drug-likeness (QED) is 0.708. The SMILES string of the molecule is Cc1cnc(=O)[nH]c1-c1cncnc1. The Morgan fingerprint density at radius 3 is 2.64 bits per heavy atom. The predicted octanol–water partition coefficient (Wildman–Crippen LogP) is 0.535. The molecule has 0 aliphatic rings. The average Bonchev–Trinajstić information content (AvgIpc) is 2.23. The van der Waals surface area contributed by atoms with Gasteiger partial charge in [-0.05, 0) is 12.5 Å². The minimum absolute atomic E-state index is 0.366. The molecule has 5 heteroatoms. The summed E-state index contributed by atoms with van der Waals surface area (Å²) in [5.41, 5.74) is 2.02. The normalized spacial score (nSPS) is 10.1. The van der Waals surface area contributed by atoms with Crippen LogP contribution in [-0.2, 0) is 0 Å². The van der Waals surface area contributed by atoms with Crippen molar-refractivity contribution in [1.29, 1.82) is 0 Å². The summed E-state index contributed by atoms with van der Waals surface area (Å²) in [7, 11) is 0. The molecule has 2 heterocycles. The molecular formula is C9H8N4O. The number of aromatic nitrogens is 4. The van der Waals surface area contributed by atoms with E-state index in [0.29, 0.717) is 5.69 Å². The summed E-state index contributed by atoms with van der Waals surface area (Å²) in [5.74, 6) is 0. The van der Waals surface area contributed by atoms with Gasteiger partial charge in [0.05, 0.1) is 5.69 Å². The molecule has 0 aliphatic carbocycles. The van der Waals surface area contributed by atoms with Gasteiger partial charge in [0.25, 0.3) is 0 Å². The Morgan fingerprint density at radius 2 is 1.93 bits per heavy atom. The van der Waals surface area contributed by atoms with E-state index in [9.17, 15) is 4.79 Å². The highest BCUT2D eigenvalue weighted by Gasteiger charge is 2.02. The molecule has 0 spiro atoms. The van der Waals surface area contributed by atoms with Crippen LogP contribution < -0.4 is 5.69 Å². The second kappa shape index (κ2) is 3.37. The van der Waals surface area contributed by atoms with Gasteiger partial charge in [-0.25, -0.2) is 19.7 Å². The standard InChI is InChI=1S/C9H8N4O/c1-6-2-12-9(14)13-8(6)7-3-10-5-11-4-7/h2-5H,1H3,(H,12,13,14). The predicted molar refractivity (Wildman–Crippen MR) is 50.6 cm³/mol. The van der Waals surface area contributed by atoms with E-state index in [1.54, 1.807) is 12.4 Å². The Bertz CT molecular complexity index is 492. The molecule has 0 aliphatic heterocycles. The first kappa shape index (κ1) is 8.55. The van der Waals surface area contributed by atoms with Gasteiger partial charge in [-0.3, -0.25) is 0 Å². The van der Waals surface area contributed by atoms with Crippen LogP contribution in [0.3, 0.4) is 0 Å². The third kappa shape index (κ3) is 1.52. The van der Waals surface area contributed by atoms with Gasteiger partial charge in [-0.2, -0.15) is 0 Å². The first-order valence-electron chi connectivity index (χ1n) is 4.08. The summed E-state index contributed by atoms with van der Waals surface area (Å²) in [6.45, 7) is 1.87. The van der Waals surface area contributed by atoms with Crippen LogP contribution >= 0.6 is 0 Å². The van der Waals surface area contributed by atoms with Gasteiger partial charge in [-0.15, -0.1) is 0 Å². The molecule has 0 saturated carbocycles. The van der Waals surface area contributed by atoms with Gasteiger partial charge in [-0.1, -0.05) is 0 Å². The number of hydrogen-bond donors (Lipinski definition) is 1. The fourth-order valence-electron chi connectivity index (χ4n) is 1.19. The second-order valence-electron chi connectivity index (χ2n) is 2.87. The summed E-state index contributed by atoms with van der Waals surface area (Å²) in [5, 5.41) is 0. The molecule has 2 aromatic heterocycles. The number of nitrogens with one attached hydrogen (secondary N) is 1. The number of aromatic amines is 1. The van der Waals surface area contributed by atoms with Gasteiger partial charge in [0.1, 0.15) is 6.33 Å². The maximum Gasteiger partial charge on any atom is 0.345 e. The van der Waals surface area contributed by atoms with Crippen LogP contribution in [0.5, 0.6) is 0 Å². The van der Waals surface area contributed by atoms with Crippen molar-refractivity contribution in [2.24, 2.45) is 0 Å². The lowest BCUT2D eigenvalue weighted by molar-refractivity contribution is 1.05. The highest BCUT2D eigenvalue weighted by molar-refractivity contribution is 5.59. The van der Waals surface area contributed by atoms with E-state index in [2.05, 4.69) is 19.9 Å². The lowest BCUT2D eigenvalue weighted by Gasteiger charge is -2.02. The summed E-state index contributed by atoms with van der Waals surface area (Å²) >= 11 is 0. The monoisotopic (exact) mass is 188 g/mol. The number of nitrogens with zero attached hydrogens (tertiary/aromatic N) is 3. The van der Waals surface area contributed by atoms with E-state index in [-0.39, 0.29) is 5.69 Å². The average molecular weight is 188 g/mol. The zero-order valence-corrected chi connectivity index (χ0v) is 7.56. The van der Waals surface area contributed by atoms with E-state index in [4.69, 9.17) is 0 Å². The van der Waals surface area contributed by atoms with Crippen molar-refractivity contribution in [1.82, 2.24) is 19.9 Å². The van der Waals surface area contributed by atoms with Crippen molar-refractivity contribution < 1.29 is 0 Å². The van der Waals surface area contributed by atoms with E-state index >= 15 is 0 Å². The minimum Gasteiger partial charge on any atom is -0.305 e. The maximum absolute atomic E-state index is 11.0. The second-order valence-corrected chi connectivity index (χ2v) is 2.87. The zero-order chi connectivity index (χ0) is 9.97. The van der Waals surface area contributed by atoms with Crippen LogP contribution in [0.2, 0.25) is 0 Å². The first-order chi connectivity index (χ1) is 6.77. The lowest BCUT2D eigenvalue weighted by Crippen LogP contribution is -2.11. The molecule has 14 heavy (non-hydrogen) atoms. The van der Waals surface area contributed by atoms with Crippen LogP contribution in [0, 0.1) is 6.92 Å². The van der Waals surface area contributed by atoms with Crippen LogP contribution in [0.1, 0.15) is 5.56 Å².